The largest absolute Gasteiger partial charge is 0.508 e. The van der Waals surface area contributed by atoms with E-state index in [0.29, 0.717) is 18.7 Å². The molecule has 0 spiro atoms. The molecule has 1 saturated heterocycles. The van der Waals surface area contributed by atoms with Gasteiger partial charge in [-0.25, -0.2) is 0 Å². The average molecular weight is 288 g/mol. The van der Waals surface area contributed by atoms with Crippen LogP contribution in [0.15, 0.2) is 24.3 Å². The minimum absolute atomic E-state index is 0.0575. The van der Waals surface area contributed by atoms with Gasteiger partial charge in [-0.1, -0.05) is 6.07 Å². The van der Waals surface area contributed by atoms with Gasteiger partial charge in [0, 0.05) is 30.6 Å². The predicted octanol–water partition coefficient (Wildman–Crippen LogP) is 1.52. The lowest BCUT2D eigenvalue weighted by atomic mass is 10.0. The Morgan fingerprint density at radius 3 is 2.48 bits per heavy atom. The molecule has 2 amide bonds. The van der Waals surface area contributed by atoms with E-state index in [1.807, 2.05) is 0 Å². The highest BCUT2D eigenvalue weighted by atomic mass is 16.3. The number of amides is 2. The lowest BCUT2D eigenvalue weighted by Crippen LogP contribution is -2.46. The Balaban J connectivity index is 1.53. The smallest absolute Gasteiger partial charge is 0.253 e. The molecule has 1 aliphatic heterocycles. The Labute approximate surface area is 123 Å². The van der Waals surface area contributed by atoms with Crippen molar-refractivity contribution in [1.82, 2.24) is 10.2 Å². The minimum atomic E-state index is -0.0575. The number of rotatable bonds is 3. The van der Waals surface area contributed by atoms with Crippen molar-refractivity contribution in [2.24, 2.45) is 5.92 Å². The fourth-order valence-electron chi connectivity index (χ4n) is 2.71. The fourth-order valence-corrected chi connectivity index (χ4v) is 2.71. The zero-order valence-corrected chi connectivity index (χ0v) is 11.9. The number of likely N-dealkylation sites (tertiary alicyclic amines) is 1. The Morgan fingerprint density at radius 2 is 1.86 bits per heavy atom. The maximum absolute atomic E-state index is 12.3. The van der Waals surface area contributed by atoms with Crippen molar-refractivity contribution in [3.63, 3.8) is 0 Å². The lowest BCUT2D eigenvalue weighted by Gasteiger charge is -2.32. The number of carbonyl (C=O) groups is 2. The highest BCUT2D eigenvalue weighted by Gasteiger charge is 2.32. The number of nitrogens with one attached hydrogen (secondary N) is 1. The van der Waals surface area contributed by atoms with Gasteiger partial charge in [-0.2, -0.15) is 0 Å². The van der Waals surface area contributed by atoms with Gasteiger partial charge in [0.25, 0.3) is 5.91 Å². The van der Waals surface area contributed by atoms with Crippen LogP contribution in [0.5, 0.6) is 5.75 Å². The van der Waals surface area contributed by atoms with Crippen molar-refractivity contribution >= 4 is 11.8 Å². The van der Waals surface area contributed by atoms with Crippen molar-refractivity contribution < 1.29 is 14.7 Å². The first kappa shape index (κ1) is 13.9. The van der Waals surface area contributed by atoms with Crippen LogP contribution in [-0.4, -0.2) is 41.0 Å². The van der Waals surface area contributed by atoms with Crippen molar-refractivity contribution in [3.8, 4) is 5.75 Å². The molecule has 1 aromatic rings. The first-order valence-corrected chi connectivity index (χ1v) is 7.52. The van der Waals surface area contributed by atoms with Crippen molar-refractivity contribution in [2.45, 2.75) is 31.7 Å². The zero-order chi connectivity index (χ0) is 14.8. The number of phenols is 1. The Morgan fingerprint density at radius 1 is 1.14 bits per heavy atom. The number of benzene rings is 1. The van der Waals surface area contributed by atoms with Crippen molar-refractivity contribution in [2.75, 3.05) is 13.1 Å². The second kappa shape index (κ2) is 5.76. The molecule has 112 valence electrons. The molecule has 1 aliphatic carbocycles. The Kier molecular flexibility index (Phi) is 3.82. The molecule has 0 aromatic heterocycles. The van der Waals surface area contributed by atoms with E-state index in [0.717, 1.165) is 25.7 Å². The molecule has 5 nitrogen and oxygen atoms in total. The van der Waals surface area contributed by atoms with Crippen LogP contribution >= 0.6 is 0 Å². The average Bonchev–Trinajstić information content (AvgIpc) is 3.32. The highest BCUT2D eigenvalue weighted by molar-refractivity contribution is 5.94. The van der Waals surface area contributed by atoms with Gasteiger partial charge in [-0.05, 0) is 43.9 Å². The molecule has 2 fully saturated rings. The summed E-state index contributed by atoms with van der Waals surface area (Å²) in [4.78, 5) is 25.8. The number of phenolic OH excluding ortho intramolecular Hbond substituents is 1. The fraction of sp³-hybridized carbons (Fsp3) is 0.500. The molecular formula is C16H20N2O3. The van der Waals surface area contributed by atoms with Crippen LogP contribution in [0.1, 0.15) is 36.0 Å². The number of carbonyl (C=O) groups excluding carboxylic acids is 2. The molecule has 0 atom stereocenters. The number of nitrogens with zero attached hydrogens (tertiary/aromatic N) is 1. The molecule has 5 heteroatoms. The topological polar surface area (TPSA) is 69.6 Å². The zero-order valence-electron chi connectivity index (χ0n) is 11.9. The van der Waals surface area contributed by atoms with E-state index in [-0.39, 0.29) is 29.5 Å². The molecule has 3 rings (SSSR count). The summed E-state index contributed by atoms with van der Waals surface area (Å²) in [6.45, 7) is 1.29. The summed E-state index contributed by atoms with van der Waals surface area (Å²) < 4.78 is 0. The lowest BCUT2D eigenvalue weighted by molar-refractivity contribution is -0.123. The molecule has 2 N–H and O–H groups in total. The van der Waals surface area contributed by atoms with E-state index in [2.05, 4.69) is 5.32 Å². The standard InChI is InChI=1S/C16H20N2O3/c19-14-3-1-2-12(10-14)16(21)18-8-6-13(7-9-18)17-15(20)11-4-5-11/h1-3,10-11,13,19H,4-9H2,(H,17,20). The third-order valence-corrected chi connectivity index (χ3v) is 4.17. The SMILES string of the molecule is O=C(NC1CCN(C(=O)c2cccc(O)c2)CC1)C1CC1. The summed E-state index contributed by atoms with van der Waals surface area (Å²) in [6, 6.07) is 6.61. The quantitative estimate of drug-likeness (QED) is 0.886. The summed E-state index contributed by atoms with van der Waals surface area (Å²) in [5.74, 6) is 0.454. The predicted molar refractivity (Wildman–Crippen MR) is 77.9 cm³/mol. The maximum Gasteiger partial charge on any atom is 0.253 e. The van der Waals surface area contributed by atoms with Crippen LogP contribution in [0.2, 0.25) is 0 Å². The van der Waals surface area contributed by atoms with Gasteiger partial charge < -0.3 is 15.3 Å². The summed E-state index contributed by atoms with van der Waals surface area (Å²) in [5.41, 5.74) is 0.510. The summed E-state index contributed by atoms with van der Waals surface area (Å²) in [6.07, 6.45) is 3.62. The van der Waals surface area contributed by atoms with Gasteiger partial charge in [0.1, 0.15) is 5.75 Å². The molecule has 1 aromatic carbocycles. The van der Waals surface area contributed by atoms with Crippen LogP contribution in [0.25, 0.3) is 0 Å². The van der Waals surface area contributed by atoms with Gasteiger partial charge in [0.2, 0.25) is 5.91 Å². The van der Waals surface area contributed by atoms with Gasteiger partial charge in [-0.3, -0.25) is 9.59 Å². The molecule has 0 bridgehead atoms. The van der Waals surface area contributed by atoms with E-state index >= 15 is 0 Å². The minimum Gasteiger partial charge on any atom is -0.508 e. The summed E-state index contributed by atoms with van der Waals surface area (Å²) >= 11 is 0. The molecule has 2 aliphatic rings. The van der Waals surface area contributed by atoms with E-state index in [1.54, 1.807) is 23.1 Å². The van der Waals surface area contributed by atoms with Crippen LogP contribution in [0, 0.1) is 5.92 Å². The van der Waals surface area contributed by atoms with Crippen LogP contribution in [0.4, 0.5) is 0 Å². The van der Waals surface area contributed by atoms with Crippen LogP contribution in [-0.2, 0) is 4.79 Å². The number of hydrogen-bond donors (Lipinski definition) is 2. The summed E-state index contributed by atoms with van der Waals surface area (Å²) in [5, 5.41) is 12.5. The molecule has 1 saturated carbocycles. The second-order valence-electron chi connectivity index (χ2n) is 5.90. The molecule has 0 unspecified atom stereocenters. The van der Waals surface area contributed by atoms with E-state index in [4.69, 9.17) is 0 Å². The summed E-state index contributed by atoms with van der Waals surface area (Å²) in [7, 11) is 0. The maximum atomic E-state index is 12.3. The van der Waals surface area contributed by atoms with E-state index in [1.165, 1.54) is 6.07 Å². The normalized spacial score (nSPS) is 19.3. The molecule has 1 heterocycles. The van der Waals surface area contributed by atoms with Crippen LogP contribution < -0.4 is 5.32 Å². The third-order valence-electron chi connectivity index (χ3n) is 4.17. The van der Waals surface area contributed by atoms with Gasteiger partial charge in [-0.15, -0.1) is 0 Å². The Hall–Kier alpha value is -2.04. The number of aromatic hydroxyl groups is 1. The van der Waals surface area contributed by atoms with Gasteiger partial charge in [0.15, 0.2) is 0 Å². The van der Waals surface area contributed by atoms with Crippen molar-refractivity contribution in [3.05, 3.63) is 29.8 Å². The molecule has 0 radical (unpaired) electrons. The van der Waals surface area contributed by atoms with Crippen LogP contribution in [0.3, 0.4) is 0 Å². The van der Waals surface area contributed by atoms with Crippen molar-refractivity contribution in [1.29, 1.82) is 0 Å². The first-order valence-electron chi connectivity index (χ1n) is 7.52. The number of piperidine rings is 1. The van der Waals surface area contributed by atoms with E-state index < -0.39 is 0 Å². The molecular weight excluding hydrogens is 268 g/mol. The first-order chi connectivity index (χ1) is 10.1. The monoisotopic (exact) mass is 288 g/mol. The Bertz CT molecular complexity index is 546. The molecule has 21 heavy (non-hydrogen) atoms. The third kappa shape index (κ3) is 3.35. The second-order valence-corrected chi connectivity index (χ2v) is 5.90. The number of hydrogen-bond acceptors (Lipinski definition) is 3. The van der Waals surface area contributed by atoms with Gasteiger partial charge >= 0.3 is 0 Å². The van der Waals surface area contributed by atoms with Gasteiger partial charge in [0.05, 0.1) is 0 Å². The highest BCUT2D eigenvalue weighted by Crippen LogP contribution is 2.29. The van der Waals surface area contributed by atoms with E-state index in [9.17, 15) is 14.7 Å².